The number of nitrogens with one attached hydrogen (secondary N) is 2. The summed E-state index contributed by atoms with van der Waals surface area (Å²) in [5.74, 6) is -1.05. The summed E-state index contributed by atoms with van der Waals surface area (Å²) in [6.45, 7) is 4.33. The molecule has 2 amide bonds. The van der Waals surface area contributed by atoms with Crippen LogP contribution in [0, 0.1) is 10.1 Å². The van der Waals surface area contributed by atoms with Crippen LogP contribution in [0.1, 0.15) is 40.1 Å². The van der Waals surface area contributed by atoms with E-state index >= 15 is 0 Å². The molecule has 2 N–H and O–H groups in total. The van der Waals surface area contributed by atoms with Crippen LogP contribution in [0.4, 0.5) is 5.69 Å². The van der Waals surface area contributed by atoms with E-state index in [-0.39, 0.29) is 17.4 Å². The quantitative estimate of drug-likeness (QED) is 0.610. The van der Waals surface area contributed by atoms with E-state index in [1.54, 1.807) is 24.3 Å². The first kappa shape index (κ1) is 19.1. The minimum atomic E-state index is -0.574. The summed E-state index contributed by atoms with van der Waals surface area (Å²) in [7, 11) is 0. The SMILES string of the molecule is CC(C)OCc1ccc(C(=O)NNC(=O)c2ccc([N+](=O)[O-])cc2)cc1. The predicted octanol–water partition coefficient (Wildman–Crippen LogP) is 2.59. The standard InChI is InChI=1S/C18H19N3O5/c1-12(2)26-11-13-3-5-14(6-4-13)17(22)19-20-18(23)15-7-9-16(10-8-15)21(24)25/h3-10,12H,11H2,1-2H3,(H,19,22)(H,20,23). The number of amides is 2. The number of nitrogens with zero attached hydrogens (tertiary/aromatic N) is 1. The highest BCUT2D eigenvalue weighted by atomic mass is 16.6. The van der Waals surface area contributed by atoms with Crippen LogP contribution in [0.15, 0.2) is 48.5 Å². The Bertz CT molecular complexity index is 785. The van der Waals surface area contributed by atoms with E-state index in [2.05, 4.69) is 10.9 Å². The fourth-order valence-corrected chi connectivity index (χ4v) is 2.01. The van der Waals surface area contributed by atoms with Gasteiger partial charge in [0.1, 0.15) is 0 Å². The van der Waals surface area contributed by atoms with Gasteiger partial charge in [0.2, 0.25) is 0 Å². The van der Waals surface area contributed by atoms with E-state index < -0.39 is 16.7 Å². The fourth-order valence-electron chi connectivity index (χ4n) is 2.01. The summed E-state index contributed by atoms with van der Waals surface area (Å²) >= 11 is 0. The van der Waals surface area contributed by atoms with Gasteiger partial charge in [0, 0.05) is 23.3 Å². The minimum Gasteiger partial charge on any atom is -0.374 e. The van der Waals surface area contributed by atoms with Gasteiger partial charge in [-0.05, 0) is 43.7 Å². The zero-order chi connectivity index (χ0) is 19.1. The van der Waals surface area contributed by atoms with Crippen molar-refractivity contribution < 1.29 is 19.2 Å². The van der Waals surface area contributed by atoms with E-state index in [9.17, 15) is 19.7 Å². The molecule has 0 saturated carbocycles. The number of nitro benzene ring substituents is 1. The van der Waals surface area contributed by atoms with Crippen molar-refractivity contribution in [3.8, 4) is 0 Å². The summed E-state index contributed by atoms with van der Waals surface area (Å²) in [5.41, 5.74) is 5.95. The fraction of sp³-hybridized carbons (Fsp3) is 0.222. The molecular formula is C18H19N3O5. The van der Waals surface area contributed by atoms with Gasteiger partial charge < -0.3 is 4.74 Å². The number of benzene rings is 2. The molecule has 136 valence electrons. The first-order valence-electron chi connectivity index (χ1n) is 7.92. The Hall–Kier alpha value is -3.26. The first-order chi connectivity index (χ1) is 12.4. The Balaban J connectivity index is 1.89. The molecular weight excluding hydrogens is 338 g/mol. The third kappa shape index (κ3) is 5.38. The maximum absolute atomic E-state index is 12.1. The molecule has 0 aliphatic carbocycles. The lowest BCUT2D eigenvalue weighted by Gasteiger charge is -2.09. The van der Waals surface area contributed by atoms with Crippen LogP contribution in [0.2, 0.25) is 0 Å². The van der Waals surface area contributed by atoms with Gasteiger partial charge in [-0.3, -0.25) is 30.6 Å². The molecule has 8 nitrogen and oxygen atoms in total. The maximum atomic E-state index is 12.1. The summed E-state index contributed by atoms with van der Waals surface area (Å²) < 4.78 is 5.48. The zero-order valence-electron chi connectivity index (χ0n) is 14.4. The Morgan fingerprint density at radius 1 is 0.962 bits per heavy atom. The normalized spacial score (nSPS) is 10.4. The van der Waals surface area contributed by atoms with E-state index in [0.29, 0.717) is 12.2 Å². The third-order valence-corrected chi connectivity index (χ3v) is 3.43. The smallest absolute Gasteiger partial charge is 0.269 e. The molecule has 8 heteroatoms. The van der Waals surface area contributed by atoms with Gasteiger partial charge in [-0.15, -0.1) is 0 Å². The van der Waals surface area contributed by atoms with Crippen LogP contribution in [0.25, 0.3) is 0 Å². The number of carbonyl (C=O) groups excluding carboxylic acids is 2. The Labute approximate surface area is 150 Å². The number of hydrazine groups is 1. The average molecular weight is 357 g/mol. The molecule has 26 heavy (non-hydrogen) atoms. The van der Waals surface area contributed by atoms with Gasteiger partial charge in [-0.25, -0.2) is 0 Å². The molecule has 0 aliphatic heterocycles. The summed E-state index contributed by atoms with van der Waals surface area (Å²) in [6, 6.07) is 11.9. The van der Waals surface area contributed by atoms with Crippen molar-refractivity contribution in [3.63, 3.8) is 0 Å². The molecule has 0 heterocycles. The van der Waals surface area contributed by atoms with Crippen molar-refractivity contribution in [3.05, 3.63) is 75.3 Å². The number of nitro groups is 1. The van der Waals surface area contributed by atoms with Gasteiger partial charge in [0.05, 0.1) is 17.6 Å². The Morgan fingerprint density at radius 2 is 1.42 bits per heavy atom. The van der Waals surface area contributed by atoms with Crippen molar-refractivity contribution in [2.75, 3.05) is 0 Å². The lowest BCUT2D eigenvalue weighted by Crippen LogP contribution is -2.41. The van der Waals surface area contributed by atoms with Gasteiger partial charge >= 0.3 is 0 Å². The van der Waals surface area contributed by atoms with Crippen molar-refractivity contribution in [1.29, 1.82) is 0 Å². The second kappa shape index (κ2) is 8.72. The number of carbonyl (C=O) groups is 2. The molecule has 0 saturated heterocycles. The number of ether oxygens (including phenoxy) is 1. The molecule has 2 rings (SSSR count). The van der Waals surface area contributed by atoms with Gasteiger partial charge in [0.15, 0.2) is 0 Å². The number of non-ortho nitro benzene ring substituents is 1. The third-order valence-electron chi connectivity index (χ3n) is 3.43. The van der Waals surface area contributed by atoms with Gasteiger partial charge in [0.25, 0.3) is 17.5 Å². The molecule has 0 aliphatic rings. The average Bonchev–Trinajstić information content (AvgIpc) is 2.64. The second-order valence-electron chi connectivity index (χ2n) is 5.77. The topological polar surface area (TPSA) is 111 Å². The molecule has 0 bridgehead atoms. The molecule has 0 spiro atoms. The van der Waals surface area contributed by atoms with Crippen molar-refractivity contribution in [1.82, 2.24) is 10.9 Å². The maximum Gasteiger partial charge on any atom is 0.269 e. The van der Waals surface area contributed by atoms with Crippen molar-refractivity contribution in [2.45, 2.75) is 26.6 Å². The van der Waals surface area contributed by atoms with Crippen LogP contribution in [0.5, 0.6) is 0 Å². The Morgan fingerprint density at radius 3 is 1.85 bits per heavy atom. The van der Waals surface area contributed by atoms with Crippen LogP contribution in [0.3, 0.4) is 0 Å². The summed E-state index contributed by atoms with van der Waals surface area (Å²) in [4.78, 5) is 34.0. The molecule has 0 fully saturated rings. The number of hydrogen-bond donors (Lipinski definition) is 2. The summed E-state index contributed by atoms with van der Waals surface area (Å²) in [6.07, 6.45) is 0.118. The number of hydrogen-bond acceptors (Lipinski definition) is 5. The van der Waals surface area contributed by atoms with E-state index in [1.165, 1.54) is 24.3 Å². The van der Waals surface area contributed by atoms with Gasteiger partial charge in [-0.1, -0.05) is 12.1 Å². The largest absolute Gasteiger partial charge is 0.374 e. The molecule has 0 unspecified atom stereocenters. The van der Waals surface area contributed by atoms with Crippen LogP contribution < -0.4 is 10.9 Å². The number of rotatable bonds is 6. The lowest BCUT2D eigenvalue weighted by atomic mass is 10.1. The van der Waals surface area contributed by atoms with E-state index in [1.807, 2.05) is 13.8 Å². The highest BCUT2D eigenvalue weighted by Crippen LogP contribution is 2.11. The van der Waals surface area contributed by atoms with Crippen LogP contribution >= 0.6 is 0 Å². The van der Waals surface area contributed by atoms with E-state index in [4.69, 9.17) is 4.74 Å². The molecule has 0 radical (unpaired) electrons. The lowest BCUT2D eigenvalue weighted by molar-refractivity contribution is -0.384. The molecule has 2 aromatic rings. The monoisotopic (exact) mass is 357 g/mol. The van der Waals surface area contributed by atoms with Crippen LogP contribution in [-0.2, 0) is 11.3 Å². The minimum absolute atomic E-state index is 0.118. The highest BCUT2D eigenvalue weighted by Gasteiger charge is 2.11. The first-order valence-corrected chi connectivity index (χ1v) is 7.92. The van der Waals surface area contributed by atoms with Gasteiger partial charge in [-0.2, -0.15) is 0 Å². The highest BCUT2D eigenvalue weighted by molar-refractivity contribution is 5.99. The van der Waals surface area contributed by atoms with E-state index in [0.717, 1.165) is 5.56 Å². The summed E-state index contributed by atoms with van der Waals surface area (Å²) in [5, 5.41) is 10.6. The van der Waals surface area contributed by atoms with Crippen molar-refractivity contribution in [2.24, 2.45) is 0 Å². The Kier molecular flexibility index (Phi) is 6.40. The molecule has 2 aromatic carbocycles. The van der Waals surface area contributed by atoms with Crippen LogP contribution in [-0.4, -0.2) is 22.8 Å². The predicted molar refractivity (Wildman–Crippen MR) is 94.4 cm³/mol. The zero-order valence-corrected chi connectivity index (χ0v) is 14.4. The second-order valence-corrected chi connectivity index (χ2v) is 5.77. The van der Waals surface area contributed by atoms with Crippen molar-refractivity contribution >= 4 is 17.5 Å². The molecule has 0 atom stereocenters. The molecule has 0 aromatic heterocycles.